The first-order valence-corrected chi connectivity index (χ1v) is 4.12. The van der Waals surface area contributed by atoms with E-state index >= 15 is 0 Å². The third kappa shape index (κ3) is 4.65. The Bertz CT molecular complexity index is 207. The van der Waals surface area contributed by atoms with E-state index in [1.165, 1.54) is 13.0 Å². The summed E-state index contributed by atoms with van der Waals surface area (Å²) in [4.78, 5) is 10.7. The molecule has 0 aliphatic heterocycles. The molecule has 0 aliphatic carbocycles. The van der Waals surface area contributed by atoms with Crippen LogP contribution in [0.15, 0.2) is 11.8 Å². The first-order valence-electron chi connectivity index (χ1n) is 4.12. The zero-order valence-corrected chi connectivity index (χ0v) is 8.29. The monoisotopic (exact) mass is 187 g/mol. The molecule has 0 spiro atoms. The van der Waals surface area contributed by atoms with Gasteiger partial charge in [0.25, 0.3) is 0 Å². The Morgan fingerprint density at radius 1 is 1.38 bits per heavy atom. The maximum Gasteiger partial charge on any atom is 0.154 e. The van der Waals surface area contributed by atoms with Gasteiger partial charge in [-0.1, -0.05) is 0 Å². The van der Waals surface area contributed by atoms with Crippen LogP contribution in [0.1, 0.15) is 20.8 Å². The fourth-order valence-corrected chi connectivity index (χ4v) is 0.946. The number of carbonyl (C=O) groups excluding carboxylic acids is 1. The van der Waals surface area contributed by atoms with Gasteiger partial charge in [-0.2, -0.15) is 0 Å². The minimum atomic E-state index is -0.768. The summed E-state index contributed by atoms with van der Waals surface area (Å²) in [5, 5.41) is 20.7. The molecule has 0 amide bonds. The fourth-order valence-electron chi connectivity index (χ4n) is 0.946. The van der Waals surface area contributed by atoms with E-state index in [1.54, 1.807) is 13.8 Å². The quantitative estimate of drug-likeness (QED) is 0.522. The molecule has 0 aromatic heterocycles. The van der Waals surface area contributed by atoms with Crippen molar-refractivity contribution in [2.45, 2.75) is 26.3 Å². The highest BCUT2D eigenvalue weighted by molar-refractivity contribution is 5.87. The lowest BCUT2D eigenvalue weighted by Gasteiger charge is -2.27. The predicted molar refractivity (Wildman–Crippen MR) is 50.2 cm³/mol. The highest BCUT2D eigenvalue weighted by Crippen LogP contribution is 2.04. The molecular formula is C9H17NO3. The van der Waals surface area contributed by atoms with Crippen LogP contribution >= 0.6 is 0 Å². The largest absolute Gasteiger partial charge is 0.394 e. The number of aliphatic hydroxyl groups excluding tert-OH is 2. The van der Waals surface area contributed by atoms with Crippen LogP contribution < -0.4 is 5.32 Å². The van der Waals surface area contributed by atoms with Crippen LogP contribution in [-0.2, 0) is 4.79 Å². The van der Waals surface area contributed by atoms with E-state index in [0.717, 1.165) is 0 Å². The summed E-state index contributed by atoms with van der Waals surface area (Å²) in [6.45, 7) is 4.45. The maximum atomic E-state index is 10.7. The van der Waals surface area contributed by atoms with E-state index in [-0.39, 0.29) is 19.0 Å². The van der Waals surface area contributed by atoms with Crippen molar-refractivity contribution in [3.8, 4) is 0 Å². The summed E-state index contributed by atoms with van der Waals surface area (Å²) in [5.41, 5.74) is -0.131. The van der Waals surface area contributed by atoms with Crippen LogP contribution in [-0.4, -0.2) is 34.7 Å². The first-order chi connectivity index (χ1) is 5.93. The number of nitrogens with one attached hydrogen (secondary N) is 1. The standard InChI is InChI=1S/C9H17NO3/c1-7(4-8(2)13)10-9(3,5-11)6-12/h4,10-12H,5-6H2,1-3H3/b7-4+. The van der Waals surface area contributed by atoms with Gasteiger partial charge in [0, 0.05) is 5.70 Å². The molecule has 13 heavy (non-hydrogen) atoms. The highest BCUT2D eigenvalue weighted by atomic mass is 16.3. The van der Waals surface area contributed by atoms with Crippen molar-refractivity contribution in [3.63, 3.8) is 0 Å². The van der Waals surface area contributed by atoms with E-state index in [9.17, 15) is 4.79 Å². The third-order valence-corrected chi connectivity index (χ3v) is 1.62. The Kier molecular flexibility index (Phi) is 4.66. The van der Waals surface area contributed by atoms with Gasteiger partial charge in [-0.05, 0) is 26.8 Å². The molecule has 0 saturated heterocycles. The number of rotatable bonds is 5. The number of hydrogen-bond acceptors (Lipinski definition) is 4. The van der Waals surface area contributed by atoms with E-state index in [2.05, 4.69) is 5.32 Å². The maximum absolute atomic E-state index is 10.7. The zero-order valence-electron chi connectivity index (χ0n) is 8.29. The molecule has 0 aliphatic rings. The molecule has 0 rings (SSSR count). The minimum Gasteiger partial charge on any atom is -0.394 e. The van der Waals surface area contributed by atoms with Crippen molar-refractivity contribution in [1.82, 2.24) is 5.32 Å². The van der Waals surface area contributed by atoms with Gasteiger partial charge in [0.1, 0.15) is 0 Å². The molecule has 4 nitrogen and oxygen atoms in total. The second-order valence-electron chi connectivity index (χ2n) is 3.44. The average Bonchev–Trinajstić information content (AvgIpc) is 2.02. The van der Waals surface area contributed by atoms with Crippen molar-refractivity contribution >= 4 is 5.78 Å². The molecular weight excluding hydrogens is 170 g/mol. The normalized spacial score (nSPS) is 12.8. The lowest BCUT2D eigenvalue weighted by molar-refractivity contribution is -0.112. The van der Waals surface area contributed by atoms with Gasteiger partial charge in [-0.25, -0.2) is 0 Å². The highest BCUT2D eigenvalue weighted by Gasteiger charge is 2.21. The summed E-state index contributed by atoms with van der Waals surface area (Å²) in [6.07, 6.45) is 1.42. The van der Waals surface area contributed by atoms with E-state index in [4.69, 9.17) is 10.2 Å². The van der Waals surface area contributed by atoms with E-state index in [1.807, 2.05) is 0 Å². The number of carbonyl (C=O) groups is 1. The van der Waals surface area contributed by atoms with Gasteiger partial charge in [-0.15, -0.1) is 0 Å². The predicted octanol–water partition coefficient (Wildman–Crippen LogP) is -0.188. The molecule has 0 saturated carbocycles. The van der Waals surface area contributed by atoms with Crippen LogP contribution in [0.2, 0.25) is 0 Å². The van der Waals surface area contributed by atoms with Crippen LogP contribution in [0.3, 0.4) is 0 Å². The molecule has 0 bridgehead atoms. The van der Waals surface area contributed by atoms with Crippen LogP contribution in [0, 0.1) is 0 Å². The molecule has 0 aromatic carbocycles. The Morgan fingerprint density at radius 3 is 2.15 bits per heavy atom. The molecule has 0 radical (unpaired) electrons. The lowest BCUT2D eigenvalue weighted by atomic mass is 10.1. The number of allylic oxidation sites excluding steroid dienone is 2. The Morgan fingerprint density at radius 2 is 1.85 bits per heavy atom. The third-order valence-electron chi connectivity index (χ3n) is 1.62. The van der Waals surface area contributed by atoms with Crippen molar-refractivity contribution in [2.75, 3.05) is 13.2 Å². The van der Waals surface area contributed by atoms with Gasteiger partial charge in [0.15, 0.2) is 5.78 Å². The summed E-state index contributed by atoms with van der Waals surface area (Å²) in [6, 6.07) is 0. The van der Waals surface area contributed by atoms with Crippen molar-refractivity contribution < 1.29 is 15.0 Å². The molecule has 0 unspecified atom stereocenters. The van der Waals surface area contributed by atoms with Crippen molar-refractivity contribution in [2.24, 2.45) is 0 Å². The van der Waals surface area contributed by atoms with Crippen LogP contribution in [0.4, 0.5) is 0 Å². The number of ketones is 1. The summed E-state index contributed by atoms with van der Waals surface area (Å²) >= 11 is 0. The smallest absolute Gasteiger partial charge is 0.154 e. The Labute approximate surface area is 78.3 Å². The molecule has 0 aromatic rings. The molecule has 76 valence electrons. The van der Waals surface area contributed by atoms with Crippen molar-refractivity contribution in [3.05, 3.63) is 11.8 Å². The fraction of sp³-hybridized carbons (Fsp3) is 0.667. The molecule has 0 atom stereocenters. The molecule has 3 N–H and O–H groups in total. The van der Waals surface area contributed by atoms with Crippen LogP contribution in [0.5, 0.6) is 0 Å². The van der Waals surface area contributed by atoms with Crippen LogP contribution in [0.25, 0.3) is 0 Å². The van der Waals surface area contributed by atoms with Crippen molar-refractivity contribution in [1.29, 1.82) is 0 Å². The average molecular weight is 187 g/mol. The second kappa shape index (κ2) is 4.99. The molecule has 0 heterocycles. The van der Waals surface area contributed by atoms with Gasteiger partial charge in [0.2, 0.25) is 0 Å². The second-order valence-corrected chi connectivity index (χ2v) is 3.44. The Balaban J connectivity index is 4.33. The van der Waals surface area contributed by atoms with Gasteiger partial charge in [-0.3, -0.25) is 4.79 Å². The summed E-state index contributed by atoms with van der Waals surface area (Å²) in [5.74, 6) is -0.0665. The number of hydrogen-bond donors (Lipinski definition) is 3. The number of aliphatic hydroxyl groups is 2. The van der Waals surface area contributed by atoms with E-state index in [0.29, 0.717) is 5.70 Å². The zero-order chi connectivity index (χ0) is 10.5. The topological polar surface area (TPSA) is 69.6 Å². The summed E-state index contributed by atoms with van der Waals surface area (Å²) in [7, 11) is 0. The van der Waals surface area contributed by atoms with Gasteiger partial charge < -0.3 is 15.5 Å². The summed E-state index contributed by atoms with van der Waals surface area (Å²) < 4.78 is 0. The molecule has 4 heteroatoms. The molecule has 0 fully saturated rings. The lowest BCUT2D eigenvalue weighted by Crippen LogP contribution is -2.48. The SMILES string of the molecule is CC(=O)/C=C(\C)NC(C)(CO)CO. The minimum absolute atomic E-state index is 0.0665. The van der Waals surface area contributed by atoms with Gasteiger partial charge in [0.05, 0.1) is 18.8 Å². The first kappa shape index (κ1) is 12.1. The Hall–Kier alpha value is -0.870. The van der Waals surface area contributed by atoms with E-state index < -0.39 is 5.54 Å². The van der Waals surface area contributed by atoms with Gasteiger partial charge >= 0.3 is 0 Å².